The Morgan fingerprint density at radius 1 is 1.30 bits per heavy atom. The lowest BCUT2D eigenvalue weighted by molar-refractivity contribution is -0.884. The number of hydrogen-bond donors (Lipinski definition) is 1. The van der Waals surface area contributed by atoms with E-state index in [9.17, 15) is 4.89 Å². The molecular formula is C6H15NO2P+2. The van der Waals surface area contributed by atoms with Gasteiger partial charge in [-0.2, -0.15) is 5.48 Å². The van der Waals surface area contributed by atoms with Crippen LogP contribution < -0.4 is 5.48 Å². The molecule has 0 amide bonds. The average molecular weight is 164 g/mol. The van der Waals surface area contributed by atoms with E-state index >= 15 is 0 Å². The lowest BCUT2D eigenvalue weighted by atomic mass is 9.96. The van der Waals surface area contributed by atoms with E-state index < -0.39 is 9.03 Å². The van der Waals surface area contributed by atoms with E-state index in [2.05, 4.69) is 0 Å². The molecule has 1 atom stereocenters. The zero-order valence-corrected chi connectivity index (χ0v) is 7.24. The van der Waals surface area contributed by atoms with Crippen molar-refractivity contribution in [3.8, 4) is 0 Å². The molecule has 0 aromatic carbocycles. The van der Waals surface area contributed by atoms with Crippen molar-refractivity contribution in [3.05, 3.63) is 0 Å². The van der Waals surface area contributed by atoms with Gasteiger partial charge in [-0.05, 0) is 22.4 Å². The fourth-order valence-corrected chi connectivity index (χ4v) is 1.70. The van der Waals surface area contributed by atoms with Crippen molar-refractivity contribution in [3.63, 3.8) is 0 Å². The Labute approximate surface area is 63.1 Å². The van der Waals surface area contributed by atoms with Gasteiger partial charge in [0, 0.05) is 12.8 Å². The molecule has 1 aliphatic rings. The van der Waals surface area contributed by atoms with Gasteiger partial charge in [-0.25, -0.2) is 0 Å². The topological polar surface area (TPSA) is 45.7 Å². The van der Waals surface area contributed by atoms with Crippen molar-refractivity contribution in [1.29, 1.82) is 0 Å². The largest absolute Gasteiger partial charge is 0.363 e. The highest BCUT2D eigenvalue weighted by Crippen LogP contribution is 2.14. The fourth-order valence-electron chi connectivity index (χ4n) is 1.41. The minimum absolute atomic E-state index is 0.579. The van der Waals surface area contributed by atoms with Crippen LogP contribution >= 0.6 is 9.03 Å². The van der Waals surface area contributed by atoms with E-state index in [0.29, 0.717) is 6.04 Å². The standard InChI is InChI=1S/C6H14NO2P/c8-10-9-7-6-4-2-1-3-5-6/h6-7H,1-5,10H2/q+1/p+1. The lowest BCUT2D eigenvalue weighted by Crippen LogP contribution is -2.87. The number of hydrogen-bond acceptors (Lipinski definition) is 1. The van der Waals surface area contributed by atoms with Crippen LogP contribution in [0.2, 0.25) is 0 Å². The first kappa shape index (κ1) is 8.41. The minimum Gasteiger partial charge on any atom is -0.158 e. The molecule has 3 nitrogen and oxygen atoms in total. The van der Waals surface area contributed by atoms with Gasteiger partial charge in [0.1, 0.15) is 6.04 Å². The molecule has 0 saturated heterocycles. The van der Waals surface area contributed by atoms with Gasteiger partial charge in [0.25, 0.3) is 0 Å². The number of rotatable bonds is 3. The van der Waals surface area contributed by atoms with Crippen LogP contribution in [0.15, 0.2) is 0 Å². The van der Waals surface area contributed by atoms with Gasteiger partial charge in [0.05, 0.1) is 0 Å². The van der Waals surface area contributed by atoms with Crippen LogP contribution in [0, 0.1) is 0 Å². The SMILES string of the molecule is [O][PH2+]O[NH2+]C1CCCCC1. The Hall–Kier alpha value is 0.310. The molecule has 0 aliphatic heterocycles. The molecule has 4 heteroatoms. The van der Waals surface area contributed by atoms with Gasteiger partial charge in [-0.15, -0.1) is 0 Å². The summed E-state index contributed by atoms with van der Waals surface area (Å²) >= 11 is 0. The molecule has 0 bridgehead atoms. The fraction of sp³-hybridized carbons (Fsp3) is 1.00. The van der Waals surface area contributed by atoms with E-state index in [1.807, 2.05) is 0 Å². The monoisotopic (exact) mass is 164 g/mol. The molecule has 2 N–H and O–H groups in total. The summed E-state index contributed by atoms with van der Waals surface area (Å²) in [5, 5.41) is 0. The summed E-state index contributed by atoms with van der Waals surface area (Å²) in [6, 6.07) is 0.579. The maximum absolute atomic E-state index is 10.0. The quantitative estimate of drug-likeness (QED) is 0.478. The average Bonchev–Trinajstić information content (AvgIpc) is 2.03. The summed E-state index contributed by atoms with van der Waals surface area (Å²) in [7, 11) is -1.03. The van der Waals surface area contributed by atoms with Crippen LogP contribution in [0.4, 0.5) is 0 Å². The second-order valence-electron chi connectivity index (χ2n) is 2.77. The number of nitrogens with two attached hydrogens (primary N) is 1. The highest BCUT2D eigenvalue weighted by Gasteiger charge is 2.17. The molecule has 1 fully saturated rings. The summed E-state index contributed by atoms with van der Waals surface area (Å²) in [5.41, 5.74) is 1.77. The van der Waals surface area contributed by atoms with E-state index in [0.717, 1.165) is 0 Å². The van der Waals surface area contributed by atoms with Gasteiger partial charge < -0.3 is 0 Å². The molecule has 1 rings (SSSR count). The molecule has 1 radical (unpaired) electrons. The molecular weight excluding hydrogens is 149 g/mol. The molecule has 0 aromatic heterocycles. The predicted octanol–water partition coefficient (Wildman–Crippen LogP) is 0.485. The molecule has 0 aromatic rings. The molecule has 1 unspecified atom stereocenters. The van der Waals surface area contributed by atoms with Crippen molar-refractivity contribution in [2.75, 3.05) is 0 Å². The first-order chi connectivity index (χ1) is 4.93. The molecule has 0 heterocycles. The zero-order valence-electron chi connectivity index (χ0n) is 6.08. The molecule has 10 heavy (non-hydrogen) atoms. The van der Waals surface area contributed by atoms with Gasteiger partial charge >= 0.3 is 9.03 Å². The van der Waals surface area contributed by atoms with E-state index in [1.54, 1.807) is 5.48 Å². The van der Waals surface area contributed by atoms with Crippen molar-refractivity contribution in [2.24, 2.45) is 0 Å². The predicted molar refractivity (Wildman–Crippen MR) is 40.3 cm³/mol. The van der Waals surface area contributed by atoms with Crippen molar-refractivity contribution in [1.82, 2.24) is 0 Å². The first-order valence-corrected chi connectivity index (χ1v) is 4.80. The minimum atomic E-state index is -1.03. The molecule has 1 aliphatic carbocycles. The van der Waals surface area contributed by atoms with E-state index in [1.165, 1.54) is 32.1 Å². The van der Waals surface area contributed by atoms with Crippen LogP contribution in [-0.4, -0.2) is 6.04 Å². The maximum atomic E-state index is 10.0. The third-order valence-electron chi connectivity index (χ3n) is 1.98. The molecule has 1 saturated carbocycles. The van der Waals surface area contributed by atoms with Gasteiger partial charge in [-0.3, -0.25) is 0 Å². The van der Waals surface area contributed by atoms with Crippen LogP contribution in [0.25, 0.3) is 0 Å². The normalized spacial score (nSPS) is 22.5. The summed E-state index contributed by atoms with van der Waals surface area (Å²) < 4.78 is 4.78. The van der Waals surface area contributed by atoms with E-state index in [-0.39, 0.29) is 0 Å². The maximum Gasteiger partial charge on any atom is 0.363 e. The van der Waals surface area contributed by atoms with Gasteiger partial charge in [0.15, 0.2) is 0 Å². The molecule has 0 spiro atoms. The van der Waals surface area contributed by atoms with Crippen molar-refractivity contribution < 1.29 is 15.0 Å². The Morgan fingerprint density at radius 2 is 2.00 bits per heavy atom. The van der Waals surface area contributed by atoms with Crippen LogP contribution in [0.3, 0.4) is 0 Å². The highest BCUT2D eigenvalue weighted by molar-refractivity contribution is 7.24. The Bertz CT molecular complexity index is 85.8. The van der Waals surface area contributed by atoms with Crippen LogP contribution in [0.5, 0.6) is 0 Å². The highest BCUT2D eigenvalue weighted by atomic mass is 31.1. The van der Waals surface area contributed by atoms with Gasteiger partial charge in [0.2, 0.25) is 0 Å². The second-order valence-corrected chi connectivity index (χ2v) is 3.23. The van der Waals surface area contributed by atoms with Crippen LogP contribution in [0.1, 0.15) is 32.1 Å². The Kier molecular flexibility index (Phi) is 4.23. The van der Waals surface area contributed by atoms with E-state index in [4.69, 9.17) is 4.62 Å². The Balaban J connectivity index is 2.02. The van der Waals surface area contributed by atoms with Crippen molar-refractivity contribution >= 4 is 9.03 Å². The van der Waals surface area contributed by atoms with Gasteiger partial charge in [-0.1, -0.05) is 6.42 Å². The lowest BCUT2D eigenvalue weighted by Gasteiger charge is -2.15. The summed E-state index contributed by atoms with van der Waals surface area (Å²) in [5.74, 6) is 0. The summed E-state index contributed by atoms with van der Waals surface area (Å²) in [6.45, 7) is 0. The summed E-state index contributed by atoms with van der Waals surface area (Å²) in [6.07, 6.45) is 6.41. The number of hydroxylamine groups is 1. The third-order valence-corrected chi connectivity index (χ3v) is 2.24. The second kappa shape index (κ2) is 5.03. The van der Waals surface area contributed by atoms with Crippen LogP contribution in [-0.2, 0) is 9.52 Å². The number of quaternary nitrogens is 1. The zero-order chi connectivity index (χ0) is 7.23. The third kappa shape index (κ3) is 2.93. The smallest absolute Gasteiger partial charge is 0.158 e. The van der Waals surface area contributed by atoms with Crippen molar-refractivity contribution in [2.45, 2.75) is 38.1 Å². The molecule has 59 valence electrons. The summed E-state index contributed by atoms with van der Waals surface area (Å²) in [4.78, 5) is 10.0. The Morgan fingerprint density at radius 3 is 2.60 bits per heavy atom. The first-order valence-electron chi connectivity index (χ1n) is 3.86.